The van der Waals surface area contributed by atoms with Crippen molar-refractivity contribution in [2.45, 2.75) is 116 Å². The number of unbranched alkanes of at least 4 members (excludes halogenated alkanes) is 1. The van der Waals surface area contributed by atoms with Crippen molar-refractivity contribution >= 4 is 0 Å². The van der Waals surface area contributed by atoms with Gasteiger partial charge in [0, 0.05) is 5.92 Å². The zero-order chi connectivity index (χ0) is 24.8. The zero-order valence-electron chi connectivity index (χ0n) is 21.9. The summed E-state index contributed by atoms with van der Waals surface area (Å²) in [5.74, 6) is 0.711. The molecule has 3 aliphatic carbocycles. The Balaban J connectivity index is 1.30. The van der Waals surface area contributed by atoms with Gasteiger partial charge >= 0.3 is 0 Å². The molecule has 3 heteroatoms. The van der Waals surface area contributed by atoms with E-state index in [0.717, 1.165) is 89.4 Å². The highest BCUT2D eigenvalue weighted by Crippen LogP contribution is 2.42. The summed E-state index contributed by atoms with van der Waals surface area (Å²) in [6.45, 7) is 4.38. The minimum atomic E-state index is -0.598. The van der Waals surface area contributed by atoms with Crippen LogP contribution in [0.15, 0.2) is 36.2 Å². The molecular formula is C32H45F3. The van der Waals surface area contributed by atoms with Gasteiger partial charge in [-0.1, -0.05) is 57.4 Å². The third kappa shape index (κ3) is 6.63. The molecule has 2 atom stereocenters. The van der Waals surface area contributed by atoms with Gasteiger partial charge in [-0.3, -0.25) is 0 Å². The molecular weight excluding hydrogens is 441 g/mol. The molecule has 0 nitrogen and oxygen atoms in total. The maximum atomic E-state index is 15.1. The smallest absolute Gasteiger partial charge is 0.162 e. The molecule has 35 heavy (non-hydrogen) atoms. The van der Waals surface area contributed by atoms with Gasteiger partial charge in [-0.2, -0.15) is 0 Å². The van der Waals surface area contributed by atoms with Crippen LogP contribution in [0.3, 0.4) is 0 Å². The number of rotatable bonds is 8. The normalized spacial score (nSPS) is 32.1. The fourth-order valence-corrected chi connectivity index (χ4v) is 6.85. The van der Waals surface area contributed by atoms with Gasteiger partial charge in [-0.05, 0) is 117 Å². The molecule has 4 rings (SSSR count). The van der Waals surface area contributed by atoms with Crippen molar-refractivity contribution in [1.82, 2.24) is 0 Å². The highest BCUT2D eigenvalue weighted by Gasteiger charge is 2.29. The highest BCUT2D eigenvalue weighted by atomic mass is 19.2. The van der Waals surface area contributed by atoms with Crippen LogP contribution in [-0.4, -0.2) is 0 Å². The summed E-state index contributed by atoms with van der Waals surface area (Å²) in [5.41, 5.74) is 1.17. The SMILES string of the molecule is CCCCC1CCC(/C=C/C2CCC(c3ccc(C4CCC(CC)CC4)c(F)c3F)CC2)C=C1F. The molecule has 2 saturated carbocycles. The van der Waals surface area contributed by atoms with Gasteiger partial charge in [0.15, 0.2) is 11.6 Å². The summed E-state index contributed by atoms with van der Waals surface area (Å²) < 4.78 is 44.7. The molecule has 0 radical (unpaired) electrons. The van der Waals surface area contributed by atoms with E-state index in [2.05, 4.69) is 26.0 Å². The van der Waals surface area contributed by atoms with E-state index in [-0.39, 0.29) is 29.5 Å². The Hall–Kier alpha value is -1.51. The van der Waals surface area contributed by atoms with Crippen LogP contribution in [-0.2, 0) is 0 Å². The first-order valence-electron chi connectivity index (χ1n) is 14.5. The second-order valence-corrected chi connectivity index (χ2v) is 11.6. The molecule has 2 unspecified atom stereocenters. The Labute approximate surface area is 211 Å². The topological polar surface area (TPSA) is 0 Å². The molecule has 0 amide bonds. The van der Waals surface area contributed by atoms with Crippen LogP contribution in [0.1, 0.15) is 127 Å². The molecule has 0 bridgehead atoms. The lowest BCUT2D eigenvalue weighted by atomic mass is 9.75. The van der Waals surface area contributed by atoms with Crippen molar-refractivity contribution in [2.75, 3.05) is 0 Å². The molecule has 0 N–H and O–H groups in total. The van der Waals surface area contributed by atoms with Crippen LogP contribution in [0.2, 0.25) is 0 Å². The van der Waals surface area contributed by atoms with Crippen molar-refractivity contribution in [1.29, 1.82) is 0 Å². The Morgan fingerprint density at radius 2 is 1.34 bits per heavy atom. The van der Waals surface area contributed by atoms with Crippen LogP contribution < -0.4 is 0 Å². The maximum absolute atomic E-state index is 15.1. The van der Waals surface area contributed by atoms with Crippen LogP contribution in [0, 0.1) is 35.3 Å². The number of hydrogen-bond acceptors (Lipinski definition) is 0. The molecule has 1 aromatic carbocycles. The quantitative estimate of drug-likeness (QED) is 0.321. The summed E-state index contributed by atoms with van der Waals surface area (Å²) in [7, 11) is 0. The van der Waals surface area contributed by atoms with Crippen molar-refractivity contribution in [3.63, 3.8) is 0 Å². The van der Waals surface area contributed by atoms with Gasteiger partial charge in [0.25, 0.3) is 0 Å². The van der Waals surface area contributed by atoms with Crippen LogP contribution in [0.5, 0.6) is 0 Å². The minimum absolute atomic E-state index is 0.0856. The lowest BCUT2D eigenvalue weighted by Crippen LogP contribution is -2.17. The monoisotopic (exact) mass is 486 g/mol. The van der Waals surface area contributed by atoms with Crippen molar-refractivity contribution in [3.05, 3.63) is 58.9 Å². The summed E-state index contributed by atoms with van der Waals surface area (Å²) in [4.78, 5) is 0. The molecule has 0 spiro atoms. The Bertz CT molecular complexity index is 869. The van der Waals surface area contributed by atoms with Gasteiger partial charge in [0.1, 0.15) is 0 Å². The van der Waals surface area contributed by atoms with Gasteiger partial charge < -0.3 is 0 Å². The summed E-state index contributed by atoms with van der Waals surface area (Å²) in [6.07, 6.45) is 20.6. The molecule has 194 valence electrons. The van der Waals surface area contributed by atoms with Gasteiger partial charge in [-0.15, -0.1) is 0 Å². The maximum Gasteiger partial charge on any atom is 0.162 e. The average Bonchev–Trinajstić information content (AvgIpc) is 2.89. The fraction of sp³-hybridized carbons (Fsp3) is 0.688. The van der Waals surface area contributed by atoms with E-state index < -0.39 is 11.6 Å². The third-order valence-electron chi connectivity index (χ3n) is 9.37. The van der Waals surface area contributed by atoms with E-state index in [1.165, 1.54) is 6.42 Å². The Kier molecular flexibility index (Phi) is 9.59. The highest BCUT2D eigenvalue weighted by molar-refractivity contribution is 5.32. The fourth-order valence-electron chi connectivity index (χ4n) is 6.85. The second kappa shape index (κ2) is 12.6. The number of benzene rings is 1. The first-order chi connectivity index (χ1) is 17.0. The molecule has 3 aliphatic rings. The Morgan fingerprint density at radius 1 is 0.743 bits per heavy atom. The number of allylic oxidation sites excluding steroid dienone is 4. The molecule has 0 aromatic heterocycles. The molecule has 0 heterocycles. The summed E-state index contributed by atoms with van der Waals surface area (Å²) in [6, 6.07) is 3.76. The van der Waals surface area contributed by atoms with E-state index >= 15 is 8.78 Å². The average molecular weight is 487 g/mol. The van der Waals surface area contributed by atoms with E-state index in [0.29, 0.717) is 17.0 Å². The van der Waals surface area contributed by atoms with Crippen molar-refractivity contribution in [3.8, 4) is 0 Å². The van der Waals surface area contributed by atoms with E-state index in [1.54, 1.807) is 0 Å². The van der Waals surface area contributed by atoms with Crippen LogP contribution >= 0.6 is 0 Å². The summed E-state index contributed by atoms with van der Waals surface area (Å²) in [5, 5.41) is 0. The van der Waals surface area contributed by atoms with Crippen molar-refractivity contribution in [2.24, 2.45) is 23.7 Å². The largest absolute Gasteiger partial charge is 0.212 e. The lowest BCUT2D eigenvalue weighted by Gasteiger charge is -2.30. The van der Waals surface area contributed by atoms with Crippen molar-refractivity contribution < 1.29 is 13.2 Å². The molecule has 0 saturated heterocycles. The first kappa shape index (κ1) is 26.6. The first-order valence-corrected chi connectivity index (χ1v) is 14.5. The third-order valence-corrected chi connectivity index (χ3v) is 9.37. The zero-order valence-corrected chi connectivity index (χ0v) is 21.9. The van der Waals surface area contributed by atoms with Gasteiger partial charge in [-0.25, -0.2) is 13.2 Å². The summed E-state index contributed by atoms with van der Waals surface area (Å²) >= 11 is 0. The van der Waals surface area contributed by atoms with E-state index in [9.17, 15) is 4.39 Å². The lowest BCUT2D eigenvalue weighted by molar-refractivity contribution is 0.311. The second-order valence-electron chi connectivity index (χ2n) is 11.6. The van der Waals surface area contributed by atoms with Gasteiger partial charge in [0.2, 0.25) is 0 Å². The van der Waals surface area contributed by atoms with Crippen LogP contribution in [0.25, 0.3) is 0 Å². The van der Waals surface area contributed by atoms with E-state index in [1.807, 2.05) is 18.2 Å². The van der Waals surface area contributed by atoms with E-state index in [4.69, 9.17) is 0 Å². The van der Waals surface area contributed by atoms with Crippen LogP contribution in [0.4, 0.5) is 13.2 Å². The molecule has 2 fully saturated rings. The number of hydrogen-bond donors (Lipinski definition) is 0. The number of halogens is 3. The predicted molar refractivity (Wildman–Crippen MR) is 140 cm³/mol. The predicted octanol–water partition coefficient (Wildman–Crippen LogP) is 10.5. The Morgan fingerprint density at radius 3 is 1.89 bits per heavy atom. The molecule has 1 aromatic rings. The molecule has 0 aliphatic heterocycles. The standard InChI is InChI=1S/C32H45F3/c1-3-5-6-27-18-13-24(21-30(27)33)8-7-23-11-16-26(17-12-23)29-20-19-28(31(34)32(29)35)25-14-9-22(4-2)10-15-25/h7-8,19-27H,3-6,9-18H2,1-2H3/b8-7+. The van der Waals surface area contributed by atoms with Gasteiger partial charge in [0.05, 0.1) is 5.83 Å². The minimum Gasteiger partial charge on any atom is -0.212 e.